The number of nitrogens with two attached hydrogens (primary N) is 1. The van der Waals surface area contributed by atoms with Gasteiger partial charge in [0.05, 0.1) is 5.52 Å². The highest BCUT2D eigenvalue weighted by Gasteiger charge is 2.11. The molecule has 3 aromatic carbocycles. The van der Waals surface area contributed by atoms with Crippen LogP contribution in [0, 0.1) is 0 Å². The van der Waals surface area contributed by atoms with Crippen LogP contribution in [0.1, 0.15) is 16.8 Å². The fraction of sp³-hybridized carbons (Fsp3) is 0.0909. The van der Waals surface area contributed by atoms with Crippen molar-refractivity contribution in [1.82, 2.24) is 4.57 Å². The fourth-order valence-corrected chi connectivity index (χ4v) is 3.27. The number of benzene rings is 3. The minimum Gasteiger partial charge on any atom is -0.398 e. The maximum Gasteiger partial charge on any atom is 0.0506 e. The number of hydrogen-bond donors (Lipinski definition) is 1. The number of nitrogen functional groups attached to an aromatic ring is 1. The summed E-state index contributed by atoms with van der Waals surface area (Å²) in [7, 11) is 0. The van der Waals surface area contributed by atoms with E-state index in [9.17, 15) is 0 Å². The first kappa shape index (κ1) is 14.6. The lowest BCUT2D eigenvalue weighted by Crippen LogP contribution is -2.05. The maximum absolute atomic E-state index is 6.21. The molecule has 0 amide bonds. The van der Waals surface area contributed by atoms with Gasteiger partial charge in [-0.2, -0.15) is 0 Å². The van der Waals surface area contributed by atoms with Crippen molar-refractivity contribution in [1.29, 1.82) is 0 Å². The van der Waals surface area contributed by atoms with E-state index in [1.807, 2.05) is 12.1 Å². The van der Waals surface area contributed by atoms with Crippen molar-refractivity contribution in [3.05, 3.63) is 102 Å². The Morgan fingerprint density at radius 3 is 2.08 bits per heavy atom. The molecule has 2 N–H and O–H groups in total. The Labute approximate surface area is 142 Å². The summed E-state index contributed by atoms with van der Waals surface area (Å²) in [6.07, 6.45) is 0.905. The molecular weight excluding hydrogens is 292 g/mol. The minimum atomic E-state index is 0.841. The maximum atomic E-state index is 6.21. The van der Waals surface area contributed by atoms with Crippen LogP contribution in [0.2, 0.25) is 0 Å². The van der Waals surface area contributed by atoms with Crippen molar-refractivity contribution in [2.45, 2.75) is 13.0 Å². The molecule has 24 heavy (non-hydrogen) atoms. The quantitative estimate of drug-likeness (QED) is 0.536. The number of rotatable bonds is 4. The molecule has 0 saturated carbocycles. The average molecular weight is 312 g/mol. The molecular formula is C22H20N2. The molecule has 0 spiro atoms. The molecule has 2 heteroatoms. The second-order valence-electron chi connectivity index (χ2n) is 6.15. The molecule has 0 aliphatic rings. The molecule has 1 aromatic heterocycles. The van der Waals surface area contributed by atoms with E-state index < -0.39 is 0 Å². The minimum absolute atomic E-state index is 0.841. The molecule has 118 valence electrons. The highest BCUT2D eigenvalue weighted by molar-refractivity contribution is 5.92. The highest BCUT2D eigenvalue weighted by atomic mass is 15.0. The molecule has 0 saturated heterocycles. The molecule has 4 rings (SSSR count). The summed E-state index contributed by atoms with van der Waals surface area (Å²) in [6, 6.07) is 29.6. The summed E-state index contributed by atoms with van der Waals surface area (Å²) in [5.74, 6) is 0. The monoisotopic (exact) mass is 312 g/mol. The van der Waals surface area contributed by atoms with Gasteiger partial charge >= 0.3 is 0 Å². The van der Waals surface area contributed by atoms with Gasteiger partial charge in [0, 0.05) is 29.7 Å². The zero-order chi connectivity index (χ0) is 16.4. The van der Waals surface area contributed by atoms with Crippen LogP contribution in [0.3, 0.4) is 0 Å². The average Bonchev–Trinajstić information content (AvgIpc) is 2.96. The standard InChI is InChI=1S/C22H20N2/c23-21-12-7-13-22-20(21)15-19(14-17-8-3-1-4-9-17)24(22)16-18-10-5-2-6-11-18/h1-13,15H,14,16,23H2. The van der Waals surface area contributed by atoms with Crippen molar-refractivity contribution in [3.8, 4) is 0 Å². The predicted octanol–water partition coefficient (Wildman–Crippen LogP) is 4.86. The Kier molecular flexibility index (Phi) is 3.80. The first-order valence-electron chi connectivity index (χ1n) is 8.26. The Bertz CT molecular complexity index is 953. The van der Waals surface area contributed by atoms with Crippen LogP contribution in [0.25, 0.3) is 10.9 Å². The van der Waals surface area contributed by atoms with Gasteiger partial charge in [-0.3, -0.25) is 0 Å². The molecule has 0 unspecified atom stereocenters. The second kappa shape index (κ2) is 6.25. The molecule has 2 nitrogen and oxygen atoms in total. The largest absolute Gasteiger partial charge is 0.398 e. The van der Waals surface area contributed by atoms with Gasteiger partial charge in [0.15, 0.2) is 0 Å². The van der Waals surface area contributed by atoms with E-state index in [1.165, 1.54) is 22.3 Å². The Balaban J connectivity index is 1.82. The van der Waals surface area contributed by atoms with Gasteiger partial charge in [0.25, 0.3) is 0 Å². The summed E-state index contributed by atoms with van der Waals surface area (Å²) in [5, 5.41) is 1.14. The van der Waals surface area contributed by atoms with E-state index >= 15 is 0 Å². The highest BCUT2D eigenvalue weighted by Crippen LogP contribution is 2.27. The van der Waals surface area contributed by atoms with Crippen molar-refractivity contribution >= 4 is 16.6 Å². The van der Waals surface area contributed by atoms with Crippen molar-refractivity contribution < 1.29 is 0 Å². The lowest BCUT2D eigenvalue weighted by Gasteiger charge is -2.11. The number of fused-ring (bicyclic) bond motifs is 1. The van der Waals surface area contributed by atoms with Crippen LogP contribution < -0.4 is 5.73 Å². The van der Waals surface area contributed by atoms with Crippen LogP contribution >= 0.6 is 0 Å². The van der Waals surface area contributed by atoms with Gasteiger partial charge < -0.3 is 10.3 Å². The normalized spacial score (nSPS) is 11.0. The number of hydrogen-bond acceptors (Lipinski definition) is 1. The van der Waals surface area contributed by atoms with Crippen LogP contribution in [-0.2, 0) is 13.0 Å². The van der Waals surface area contributed by atoms with Gasteiger partial charge in [0.1, 0.15) is 0 Å². The van der Waals surface area contributed by atoms with E-state index in [1.54, 1.807) is 0 Å². The third-order valence-corrected chi connectivity index (χ3v) is 4.48. The van der Waals surface area contributed by atoms with Crippen molar-refractivity contribution in [2.75, 3.05) is 5.73 Å². The van der Waals surface area contributed by atoms with Crippen LogP contribution in [0.15, 0.2) is 84.9 Å². The third kappa shape index (κ3) is 2.79. The lowest BCUT2D eigenvalue weighted by molar-refractivity contribution is 0.785. The van der Waals surface area contributed by atoms with Gasteiger partial charge in [0.2, 0.25) is 0 Å². The van der Waals surface area contributed by atoms with E-state index in [-0.39, 0.29) is 0 Å². The van der Waals surface area contributed by atoms with Crippen LogP contribution in [0.5, 0.6) is 0 Å². The predicted molar refractivity (Wildman–Crippen MR) is 101 cm³/mol. The lowest BCUT2D eigenvalue weighted by atomic mass is 10.1. The molecule has 0 bridgehead atoms. The zero-order valence-corrected chi connectivity index (χ0v) is 13.5. The van der Waals surface area contributed by atoms with E-state index in [2.05, 4.69) is 77.4 Å². The van der Waals surface area contributed by atoms with Gasteiger partial charge in [-0.15, -0.1) is 0 Å². The fourth-order valence-electron chi connectivity index (χ4n) is 3.27. The summed E-state index contributed by atoms with van der Waals surface area (Å²) in [6.45, 7) is 0.857. The Hall–Kier alpha value is -3.00. The Morgan fingerprint density at radius 1 is 0.708 bits per heavy atom. The van der Waals surface area contributed by atoms with Gasteiger partial charge in [-0.1, -0.05) is 66.7 Å². The summed E-state index contributed by atoms with van der Waals surface area (Å²) in [5.41, 5.74) is 12.2. The SMILES string of the molecule is Nc1cccc2c1cc(Cc1ccccc1)n2Cc1ccccc1. The van der Waals surface area contributed by atoms with Gasteiger partial charge in [-0.25, -0.2) is 0 Å². The van der Waals surface area contributed by atoms with Crippen LogP contribution in [-0.4, -0.2) is 4.57 Å². The molecule has 0 fully saturated rings. The number of anilines is 1. The molecule has 0 radical (unpaired) electrons. The topological polar surface area (TPSA) is 30.9 Å². The smallest absolute Gasteiger partial charge is 0.0506 e. The molecule has 1 heterocycles. The van der Waals surface area contributed by atoms with Crippen molar-refractivity contribution in [3.63, 3.8) is 0 Å². The zero-order valence-electron chi connectivity index (χ0n) is 13.5. The number of aromatic nitrogens is 1. The molecule has 4 aromatic rings. The first-order valence-corrected chi connectivity index (χ1v) is 8.26. The van der Waals surface area contributed by atoms with Crippen molar-refractivity contribution in [2.24, 2.45) is 0 Å². The number of nitrogens with zero attached hydrogens (tertiary/aromatic N) is 1. The van der Waals surface area contributed by atoms with E-state index in [0.29, 0.717) is 0 Å². The Morgan fingerprint density at radius 2 is 1.38 bits per heavy atom. The molecule has 0 atom stereocenters. The van der Waals surface area contributed by atoms with E-state index in [0.717, 1.165) is 24.0 Å². The summed E-state index contributed by atoms with van der Waals surface area (Å²) < 4.78 is 2.38. The van der Waals surface area contributed by atoms with E-state index in [4.69, 9.17) is 5.73 Å². The summed E-state index contributed by atoms with van der Waals surface area (Å²) in [4.78, 5) is 0. The summed E-state index contributed by atoms with van der Waals surface area (Å²) >= 11 is 0. The second-order valence-corrected chi connectivity index (χ2v) is 6.15. The van der Waals surface area contributed by atoms with Gasteiger partial charge in [-0.05, 0) is 29.3 Å². The molecule has 0 aliphatic heterocycles. The third-order valence-electron chi connectivity index (χ3n) is 4.48. The molecule has 0 aliphatic carbocycles. The first-order chi connectivity index (χ1) is 11.8. The van der Waals surface area contributed by atoms with Crippen LogP contribution in [0.4, 0.5) is 5.69 Å².